The number of aryl methyl sites for hydroxylation is 1. The Hall–Kier alpha value is -3.94. The van der Waals surface area contributed by atoms with Crippen LogP contribution in [-0.4, -0.2) is 40.0 Å². The van der Waals surface area contributed by atoms with Crippen LogP contribution < -0.4 is 10.2 Å². The zero-order valence-corrected chi connectivity index (χ0v) is 18.9. The number of benzene rings is 2. The molecular weight excluding hydrogens is 420 g/mol. The van der Waals surface area contributed by atoms with Gasteiger partial charge in [0.15, 0.2) is 5.69 Å². The topological polar surface area (TPSA) is 93.5 Å². The number of imidazole rings is 1. The highest BCUT2D eigenvalue weighted by molar-refractivity contribution is 6.15. The monoisotopic (exact) mass is 446 g/mol. The second kappa shape index (κ2) is 8.90. The first-order valence-electron chi connectivity index (χ1n) is 10.8. The molecule has 1 unspecified atom stereocenters. The van der Waals surface area contributed by atoms with E-state index in [1.165, 1.54) is 18.3 Å². The SMILES string of the molecule is CCc1ccc(N2C(=O)c3c(C(=O)OC)ncn3CC2(C)C(=O)NCc2ccccc2)cc1. The molecule has 2 amide bonds. The van der Waals surface area contributed by atoms with Crippen molar-refractivity contribution in [3.05, 3.63) is 83.4 Å². The normalized spacial score (nSPS) is 17.4. The van der Waals surface area contributed by atoms with E-state index in [4.69, 9.17) is 4.74 Å². The maximum Gasteiger partial charge on any atom is 0.359 e. The van der Waals surface area contributed by atoms with Gasteiger partial charge in [-0.25, -0.2) is 9.78 Å². The standard InChI is InChI=1S/C25H26N4O4/c1-4-17-10-12-19(13-11-17)29-22(30)21-20(23(31)33-3)27-16-28(21)15-25(29,2)24(32)26-14-18-8-6-5-7-9-18/h5-13,16H,4,14-15H2,1-3H3,(H,26,32). The average Bonchev–Trinajstić information content (AvgIpc) is 3.26. The summed E-state index contributed by atoms with van der Waals surface area (Å²) in [5, 5.41) is 2.97. The maximum atomic E-state index is 13.7. The van der Waals surface area contributed by atoms with E-state index < -0.39 is 17.4 Å². The number of hydrogen-bond acceptors (Lipinski definition) is 5. The lowest BCUT2D eigenvalue weighted by Gasteiger charge is -2.43. The van der Waals surface area contributed by atoms with Crippen molar-refractivity contribution in [1.29, 1.82) is 0 Å². The van der Waals surface area contributed by atoms with Crippen molar-refractivity contribution < 1.29 is 19.1 Å². The predicted molar refractivity (Wildman–Crippen MR) is 123 cm³/mol. The summed E-state index contributed by atoms with van der Waals surface area (Å²) in [4.78, 5) is 45.0. The van der Waals surface area contributed by atoms with E-state index in [1.807, 2.05) is 61.5 Å². The summed E-state index contributed by atoms with van der Waals surface area (Å²) in [6.07, 6.45) is 2.25. The molecule has 1 aromatic heterocycles. The van der Waals surface area contributed by atoms with Gasteiger partial charge in [-0.2, -0.15) is 0 Å². The van der Waals surface area contributed by atoms with Gasteiger partial charge in [-0.1, -0.05) is 49.4 Å². The van der Waals surface area contributed by atoms with Crippen LogP contribution in [0.3, 0.4) is 0 Å². The quantitative estimate of drug-likeness (QED) is 0.588. The third-order valence-electron chi connectivity index (χ3n) is 5.98. The van der Waals surface area contributed by atoms with Gasteiger partial charge in [0.05, 0.1) is 20.0 Å². The average molecular weight is 447 g/mol. The molecule has 0 bridgehead atoms. The van der Waals surface area contributed by atoms with E-state index in [1.54, 1.807) is 11.5 Å². The fraction of sp³-hybridized carbons (Fsp3) is 0.280. The highest BCUT2D eigenvalue weighted by Gasteiger charge is 2.49. The number of rotatable bonds is 6. The molecule has 170 valence electrons. The minimum Gasteiger partial charge on any atom is -0.464 e. The minimum absolute atomic E-state index is 0.0653. The summed E-state index contributed by atoms with van der Waals surface area (Å²) in [5.74, 6) is -1.49. The van der Waals surface area contributed by atoms with E-state index >= 15 is 0 Å². The number of amides is 2. The molecule has 8 nitrogen and oxygen atoms in total. The zero-order chi connectivity index (χ0) is 23.6. The molecule has 33 heavy (non-hydrogen) atoms. The van der Waals surface area contributed by atoms with Gasteiger partial charge < -0.3 is 14.6 Å². The number of carbonyl (C=O) groups excluding carboxylic acids is 3. The molecule has 1 atom stereocenters. The van der Waals surface area contributed by atoms with Crippen LogP contribution in [0.5, 0.6) is 0 Å². The fourth-order valence-electron chi connectivity index (χ4n) is 4.13. The third kappa shape index (κ3) is 4.00. The summed E-state index contributed by atoms with van der Waals surface area (Å²) < 4.78 is 6.35. The number of nitrogens with one attached hydrogen (secondary N) is 1. The number of anilines is 1. The van der Waals surface area contributed by atoms with Crippen LogP contribution in [0.4, 0.5) is 5.69 Å². The molecule has 1 aliphatic rings. The van der Waals surface area contributed by atoms with Crippen molar-refractivity contribution in [2.75, 3.05) is 12.0 Å². The first-order valence-corrected chi connectivity index (χ1v) is 10.8. The smallest absolute Gasteiger partial charge is 0.359 e. The van der Waals surface area contributed by atoms with Crippen LogP contribution in [-0.2, 0) is 29.0 Å². The molecule has 0 fully saturated rings. The Morgan fingerprint density at radius 3 is 2.42 bits per heavy atom. The number of ether oxygens (including phenoxy) is 1. The first-order chi connectivity index (χ1) is 15.9. The minimum atomic E-state index is -1.25. The van der Waals surface area contributed by atoms with Crippen molar-refractivity contribution in [2.24, 2.45) is 0 Å². The lowest BCUT2D eigenvalue weighted by atomic mass is 9.93. The largest absolute Gasteiger partial charge is 0.464 e. The van der Waals surface area contributed by atoms with Gasteiger partial charge in [0, 0.05) is 12.2 Å². The molecule has 2 heterocycles. The summed E-state index contributed by atoms with van der Waals surface area (Å²) in [7, 11) is 1.24. The second-order valence-corrected chi connectivity index (χ2v) is 8.16. The van der Waals surface area contributed by atoms with Gasteiger partial charge in [0.1, 0.15) is 11.2 Å². The maximum absolute atomic E-state index is 13.7. The summed E-state index contributed by atoms with van der Waals surface area (Å²) in [6.45, 7) is 4.23. The van der Waals surface area contributed by atoms with Crippen LogP contribution >= 0.6 is 0 Å². The first kappa shape index (κ1) is 22.3. The van der Waals surface area contributed by atoms with Gasteiger partial charge in [-0.05, 0) is 36.6 Å². The highest BCUT2D eigenvalue weighted by atomic mass is 16.5. The molecule has 0 spiro atoms. The number of nitrogens with zero attached hydrogens (tertiary/aromatic N) is 3. The summed E-state index contributed by atoms with van der Waals surface area (Å²) in [5.41, 5.74) is 1.42. The number of aromatic nitrogens is 2. The Balaban J connectivity index is 1.75. The van der Waals surface area contributed by atoms with Crippen LogP contribution in [0.1, 0.15) is 46.0 Å². The van der Waals surface area contributed by atoms with Crippen molar-refractivity contribution >= 4 is 23.5 Å². The second-order valence-electron chi connectivity index (χ2n) is 8.16. The van der Waals surface area contributed by atoms with Crippen molar-refractivity contribution in [3.63, 3.8) is 0 Å². The molecule has 1 aliphatic heterocycles. The van der Waals surface area contributed by atoms with E-state index in [0.717, 1.165) is 17.5 Å². The molecule has 1 N–H and O–H groups in total. The van der Waals surface area contributed by atoms with Crippen molar-refractivity contribution in [3.8, 4) is 0 Å². The van der Waals surface area contributed by atoms with E-state index in [0.29, 0.717) is 12.2 Å². The molecule has 8 heteroatoms. The Morgan fingerprint density at radius 1 is 1.09 bits per heavy atom. The molecule has 0 radical (unpaired) electrons. The Kier molecular flexibility index (Phi) is 6.00. The molecule has 2 aromatic carbocycles. The van der Waals surface area contributed by atoms with Gasteiger partial charge in [-0.3, -0.25) is 14.5 Å². The molecule has 0 saturated heterocycles. The third-order valence-corrected chi connectivity index (χ3v) is 5.98. The molecular formula is C25H26N4O4. The number of carbonyl (C=O) groups is 3. The van der Waals surface area contributed by atoms with Crippen LogP contribution in [0.25, 0.3) is 0 Å². The van der Waals surface area contributed by atoms with E-state index in [2.05, 4.69) is 10.3 Å². The summed E-state index contributed by atoms with van der Waals surface area (Å²) >= 11 is 0. The Bertz CT molecular complexity index is 1190. The van der Waals surface area contributed by atoms with Gasteiger partial charge in [0.2, 0.25) is 5.91 Å². The molecule has 0 saturated carbocycles. The van der Waals surface area contributed by atoms with E-state index in [-0.39, 0.29) is 23.8 Å². The number of methoxy groups -OCH3 is 1. The predicted octanol–water partition coefficient (Wildman–Crippen LogP) is 2.97. The van der Waals surface area contributed by atoms with E-state index in [9.17, 15) is 14.4 Å². The number of esters is 1. The molecule has 3 aromatic rings. The van der Waals surface area contributed by atoms with Crippen molar-refractivity contribution in [2.45, 2.75) is 38.9 Å². The van der Waals surface area contributed by atoms with Crippen LogP contribution in [0.2, 0.25) is 0 Å². The van der Waals surface area contributed by atoms with Crippen LogP contribution in [0, 0.1) is 0 Å². The molecule has 0 aliphatic carbocycles. The molecule has 4 rings (SSSR count). The highest BCUT2D eigenvalue weighted by Crippen LogP contribution is 2.34. The fourth-order valence-corrected chi connectivity index (χ4v) is 4.13. The number of hydrogen-bond donors (Lipinski definition) is 1. The lowest BCUT2D eigenvalue weighted by molar-refractivity contribution is -0.126. The van der Waals surface area contributed by atoms with Gasteiger partial charge in [-0.15, -0.1) is 0 Å². The van der Waals surface area contributed by atoms with Gasteiger partial charge >= 0.3 is 5.97 Å². The summed E-state index contributed by atoms with van der Waals surface area (Å²) in [6, 6.07) is 17.1. The Labute approximate surface area is 192 Å². The van der Waals surface area contributed by atoms with Crippen LogP contribution in [0.15, 0.2) is 60.9 Å². The van der Waals surface area contributed by atoms with Crippen molar-refractivity contribution in [1.82, 2.24) is 14.9 Å². The Morgan fingerprint density at radius 2 is 1.79 bits per heavy atom. The van der Waals surface area contributed by atoms with Gasteiger partial charge in [0.25, 0.3) is 5.91 Å². The number of fused-ring (bicyclic) bond motifs is 1. The zero-order valence-electron chi connectivity index (χ0n) is 18.9. The lowest BCUT2D eigenvalue weighted by Crippen LogP contribution is -2.64.